The molecule has 0 saturated carbocycles. The third kappa shape index (κ3) is 4.48. The van der Waals surface area contributed by atoms with Crippen LogP contribution >= 0.6 is 0 Å². The van der Waals surface area contributed by atoms with Gasteiger partial charge in [-0.1, -0.05) is 19.1 Å². The van der Waals surface area contributed by atoms with Crippen LogP contribution in [0, 0.1) is 11.6 Å². The Morgan fingerprint density at radius 1 is 1.09 bits per heavy atom. The minimum Gasteiger partial charge on any atom is -0.491 e. The van der Waals surface area contributed by atoms with Crippen LogP contribution in [0.5, 0.6) is 5.75 Å². The molecule has 4 rings (SSSR count). The smallest absolute Gasteiger partial charge is 0.254 e. The van der Waals surface area contributed by atoms with Gasteiger partial charge in [-0.25, -0.2) is 17.2 Å². The molecule has 0 unspecified atom stereocenters. The zero-order chi connectivity index (χ0) is 24.6. The number of amides is 1. The number of nitrogen functional groups attached to an aromatic ring is 1. The van der Waals surface area contributed by atoms with Crippen molar-refractivity contribution in [3.63, 3.8) is 0 Å². The van der Waals surface area contributed by atoms with Crippen molar-refractivity contribution < 1.29 is 26.7 Å². The fourth-order valence-electron chi connectivity index (χ4n) is 4.06. The number of nitrogens with two attached hydrogens (primary N) is 1. The van der Waals surface area contributed by atoms with Gasteiger partial charge in [0.05, 0.1) is 12.2 Å². The van der Waals surface area contributed by atoms with Crippen molar-refractivity contribution >= 4 is 21.4 Å². The van der Waals surface area contributed by atoms with Crippen LogP contribution in [0.1, 0.15) is 28.4 Å². The van der Waals surface area contributed by atoms with Gasteiger partial charge in [-0.2, -0.15) is 0 Å². The lowest BCUT2D eigenvalue weighted by Crippen LogP contribution is -2.33. The van der Waals surface area contributed by atoms with Crippen molar-refractivity contribution in [3.05, 3.63) is 76.9 Å². The van der Waals surface area contributed by atoms with Gasteiger partial charge >= 0.3 is 0 Å². The van der Waals surface area contributed by atoms with Crippen LogP contribution in [-0.2, 0) is 22.8 Å². The van der Waals surface area contributed by atoms with E-state index in [1.807, 2.05) is 6.07 Å². The van der Waals surface area contributed by atoms with Crippen LogP contribution in [0.4, 0.5) is 14.5 Å². The highest BCUT2D eigenvalue weighted by molar-refractivity contribution is 7.90. The third-order valence-corrected chi connectivity index (χ3v) is 6.97. The van der Waals surface area contributed by atoms with Gasteiger partial charge < -0.3 is 15.4 Å². The first kappa shape index (κ1) is 23.7. The van der Waals surface area contributed by atoms with E-state index in [1.165, 1.54) is 23.1 Å². The molecular formula is C25H24F2N2O4S. The van der Waals surface area contributed by atoms with Gasteiger partial charge in [-0.15, -0.1) is 0 Å². The van der Waals surface area contributed by atoms with E-state index in [-0.39, 0.29) is 42.9 Å². The van der Waals surface area contributed by atoms with Crippen LogP contribution < -0.4 is 10.5 Å². The minimum atomic E-state index is -3.77. The molecule has 0 aromatic heterocycles. The average Bonchev–Trinajstić information content (AvgIpc) is 3.01. The summed E-state index contributed by atoms with van der Waals surface area (Å²) in [5.41, 5.74) is 7.88. The molecule has 0 saturated heterocycles. The molecule has 3 aromatic rings. The van der Waals surface area contributed by atoms with Crippen molar-refractivity contribution in [2.45, 2.75) is 24.8 Å². The average molecular weight is 487 g/mol. The van der Waals surface area contributed by atoms with Gasteiger partial charge in [0, 0.05) is 29.5 Å². The molecule has 0 aliphatic carbocycles. The zero-order valence-corrected chi connectivity index (χ0v) is 19.6. The number of nitrogens with zero attached hydrogens (tertiary/aromatic N) is 1. The summed E-state index contributed by atoms with van der Waals surface area (Å²) in [7, 11) is -3.77. The third-order valence-electron chi connectivity index (χ3n) is 5.85. The van der Waals surface area contributed by atoms with E-state index in [9.17, 15) is 22.0 Å². The number of halogens is 2. The lowest BCUT2D eigenvalue weighted by atomic mass is 10.0. The van der Waals surface area contributed by atoms with E-state index in [2.05, 4.69) is 0 Å². The summed E-state index contributed by atoms with van der Waals surface area (Å²) in [5, 5.41) is 0. The van der Waals surface area contributed by atoms with E-state index in [0.29, 0.717) is 16.9 Å². The summed E-state index contributed by atoms with van der Waals surface area (Å²) in [6, 6.07) is 12.4. The highest BCUT2D eigenvalue weighted by Gasteiger charge is 2.27. The first-order valence-electron chi connectivity index (χ1n) is 10.7. The maximum atomic E-state index is 15.0. The van der Waals surface area contributed by atoms with Crippen LogP contribution in [-0.4, -0.2) is 38.6 Å². The molecule has 0 spiro atoms. The number of anilines is 1. The second-order valence-electron chi connectivity index (χ2n) is 8.16. The second-order valence-corrected chi connectivity index (χ2v) is 10.1. The first-order valence-corrected chi connectivity index (χ1v) is 12.6. The molecular weight excluding hydrogens is 462 g/mol. The summed E-state index contributed by atoms with van der Waals surface area (Å²) in [6.07, 6.45) is 1.09. The Morgan fingerprint density at radius 2 is 1.79 bits per heavy atom. The number of hydrogen-bond acceptors (Lipinski definition) is 5. The maximum absolute atomic E-state index is 15.0. The number of sulfone groups is 1. The van der Waals surface area contributed by atoms with Crippen LogP contribution in [0.2, 0.25) is 0 Å². The SMILES string of the molecule is CCc1c(C(=O)N2CCOc3ccc(-c4ccc(N)c(F)c4)cc3C2)ccc(S(C)(=O)=O)c1F. The van der Waals surface area contributed by atoms with E-state index in [4.69, 9.17) is 10.5 Å². The standard InChI is InChI=1S/C25H24F2N2O4S/c1-3-18-19(6-9-23(24(18)27)34(2,31)32)25(30)29-10-11-33-22-8-5-15(12-17(22)14-29)16-4-7-21(28)20(26)13-16/h4-9,12-13H,3,10-11,14,28H2,1-2H3. The molecule has 0 radical (unpaired) electrons. The van der Waals surface area contributed by atoms with Gasteiger partial charge in [0.25, 0.3) is 5.91 Å². The Labute approximate surface area is 196 Å². The van der Waals surface area contributed by atoms with Crippen molar-refractivity contribution in [2.75, 3.05) is 25.1 Å². The highest BCUT2D eigenvalue weighted by Crippen LogP contribution is 2.31. The normalized spacial score (nSPS) is 13.7. The molecule has 1 heterocycles. The molecule has 1 aliphatic rings. The Balaban J connectivity index is 1.69. The van der Waals surface area contributed by atoms with Gasteiger partial charge in [-0.3, -0.25) is 4.79 Å². The molecule has 0 fully saturated rings. The Morgan fingerprint density at radius 3 is 2.47 bits per heavy atom. The molecule has 0 bridgehead atoms. The van der Waals surface area contributed by atoms with Crippen LogP contribution in [0.3, 0.4) is 0 Å². The summed E-state index contributed by atoms with van der Waals surface area (Å²) in [6.45, 7) is 2.36. The van der Waals surface area contributed by atoms with Crippen LogP contribution in [0.25, 0.3) is 11.1 Å². The lowest BCUT2D eigenvalue weighted by molar-refractivity contribution is 0.0731. The van der Waals surface area contributed by atoms with E-state index in [0.717, 1.165) is 17.9 Å². The number of benzene rings is 3. The monoisotopic (exact) mass is 486 g/mol. The van der Waals surface area contributed by atoms with Crippen molar-refractivity contribution in [1.82, 2.24) is 4.90 Å². The largest absolute Gasteiger partial charge is 0.491 e. The molecule has 2 N–H and O–H groups in total. The number of ether oxygens (including phenoxy) is 1. The van der Waals surface area contributed by atoms with Gasteiger partial charge in [0.1, 0.15) is 28.9 Å². The molecule has 9 heteroatoms. The minimum absolute atomic E-state index is 0.0551. The second kappa shape index (κ2) is 9.06. The number of carbonyl (C=O) groups excluding carboxylic acids is 1. The Hall–Kier alpha value is -3.46. The van der Waals surface area contributed by atoms with Crippen molar-refractivity contribution in [2.24, 2.45) is 0 Å². The zero-order valence-electron chi connectivity index (χ0n) is 18.8. The highest BCUT2D eigenvalue weighted by atomic mass is 32.2. The Kier molecular flexibility index (Phi) is 6.31. The fourth-order valence-corrected chi connectivity index (χ4v) is 4.82. The molecule has 0 atom stereocenters. The number of rotatable bonds is 4. The lowest BCUT2D eigenvalue weighted by Gasteiger charge is -2.22. The summed E-state index contributed by atoms with van der Waals surface area (Å²) >= 11 is 0. The van der Waals surface area contributed by atoms with E-state index in [1.54, 1.807) is 25.1 Å². The van der Waals surface area contributed by atoms with Gasteiger partial charge in [0.2, 0.25) is 0 Å². The predicted molar refractivity (Wildman–Crippen MR) is 125 cm³/mol. The molecule has 3 aromatic carbocycles. The maximum Gasteiger partial charge on any atom is 0.254 e. The summed E-state index contributed by atoms with van der Waals surface area (Å²) in [5.74, 6) is -1.23. The van der Waals surface area contributed by atoms with Crippen LogP contribution in [0.15, 0.2) is 53.4 Å². The number of carbonyl (C=O) groups is 1. The topological polar surface area (TPSA) is 89.7 Å². The summed E-state index contributed by atoms with van der Waals surface area (Å²) < 4.78 is 58.5. The van der Waals surface area contributed by atoms with E-state index < -0.39 is 32.3 Å². The molecule has 34 heavy (non-hydrogen) atoms. The number of hydrogen-bond donors (Lipinski definition) is 1. The first-order chi connectivity index (χ1) is 16.1. The predicted octanol–water partition coefficient (Wildman–Crippen LogP) is 4.21. The van der Waals surface area contributed by atoms with Gasteiger partial charge in [0.15, 0.2) is 9.84 Å². The fraction of sp³-hybridized carbons (Fsp3) is 0.240. The van der Waals surface area contributed by atoms with Crippen molar-refractivity contribution in [3.8, 4) is 16.9 Å². The summed E-state index contributed by atoms with van der Waals surface area (Å²) in [4.78, 5) is 14.5. The van der Waals surface area contributed by atoms with Crippen molar-refractivity contribution in [1.29, 1.82) is 0 Å². The molecule has 1 aliphatic heterocycles. The molecule has 6 nitrogen and oxygen atoms in total. The quantitative estimate of drug-likeness (QED) is 0.558. The van der Waals surface area contributed by atoms with Gasteiger partial charge in [-0.05, 0) is 53.9 Å². The number of fused-ring (bicyclic) bond motifs is 1. The molecule has 178 valence electrons. The van der Waals surface area contributed by atoms with E-state index >= 15 is 0 Å². The molecule has 1 amide bonds. The Bertz CT molecular complexity index is 1390.